The van der Waals surface area contributed by atoms with E-state index in [0.29, 0.717) is 24.2 Å². The Bertz CT molecular complexity index is 476. The van der Waals surface area contributed by atoms with Crippen LogP contribution >= 0.6 is 15.9 Å². The summed E-state index contributed by atoms with van der Waals surface area (Å²) < 4.78 is 1.08. The first-order valence-corrected chi connectivity index (χ1v) is 8.16. The Labute approximate surface area is 128 Å². The van der Waals surface area contributed by atoms with E-state index in [1.54, 1.807) is 0 Å². The fraction of sp³-hybridized carbons (Fsp3) is 0.562. The van der Waals surface area contributed by atoms with Crippen molar-refractivity contribution in [3.05, 3.63) is 34.3 Å². The van der Waals surface area contributed by atoms with Crippen LogP contribution in [-0.2, 0) is 4.79 Å². The van der Waals surface area contributed by atoms with Crippen molar-refractivity contribution in [2.24, 2.45) is 11.8 Å². The summed E-state index contributed by atoms with van der Waals surface area (Å²) in [5.74, 6) is 1.97. The van der Waals surface area contributed by atoms with Crippen molar-refractivity contribution in [2.45, 2.75) is 19.3 Å². The number of nitrogens with one attached hydrogen (secondary N) is 1. The van der Waals surface area contributed by atoms with Gasteiger partial charge in [0.15, 0.2) is 0 Å². The third-order valence-electron chi connectivity index (χ3n) is 4.66. The van der Waals surface area contributed by atoms with Crippen molar-refractivity contribution >= 4 is 21.8 Å². The van der Waals surface area contributed by atoms with Gasteiger partial charge in [-0.3, -0.25) is 4.79 Å². The number of amides is 1. The van der Waals surface area contributed by atoms with E-state index >= 15 is 0 Å². The summed E-state index contributed by atoms with van der Waals surface area (Å²) in [7, 11) is 0. The Morgan fingerprint density at radius 3 is 2.50 bits per heavy atom. The summed E-state index contributed by atoms with van der Waals surface area (Å²) in [5.41, 5.74) is 1.24. The Kier molecular flexibility index (Phi) is 4.13. The fourth-order valence-corrected chi connectivity index (χ4v) is 3.62. The van der Waals surface area contributed by atoms with Crippen molar-refractivity contribution in [2.75, 3.05) is 26.2 Å². The Morgan fingerprint density at radius 2 is 1.90 bits per heavy atom. The van der Waals surface area contributed by atoms with Crippen molar-refractivity contribution in [1.29, 1.82) is 0 Å². The molecule has 0 bridgehead atoms. The second-order valence-corrected chi connectivity index (χ2v) is 7.05. The monoisotopic (exact) mass is 336 g/mol. The van der Waals surface area contributed by atoms with Crippen LogP contribution in [-0.4, -0.2) is 37.0 Å². The Hall–Kier alpha value is -0.870. The first kappa shape index (κ1) is 14.1. The number of hydrogen-bond acceptors (Lipinski definition) is 2. The molecule has 3 nitrogen and oxygen atoms in total. The predicted molar refractivity (Wildman–Crippen MR) is 83.6 cm³/mol. The summed E-state index contributed by atoms with van der Waals surface area (Å²) in [6.45, 7) is 6.19. The van der Waals surface area contributed by atoms with Gasteiger partial charge >= 0.3 is 0 Å². The lowest BCUT2D eigenvalue weighted by molar-refractivity contribution is -0.130. The number of likely N-dealkylation sites (tertiary alicyclic amines) is 1. The van der Waals surface area contributed by atoms with Crippen molar-refractivity contribution < 1.29 is 4.79 Å². The molecular weight excluding hydrogens is 316 g/mol. The molecular formula is C16H21BrN2O. The molecule has 3 rings (SSSR count). The summed E-state index contributed by atoms with van der Waals surface area (Å²) >= 11 is 3.45. The van der Waals surface area contributed by atoms with Crippen LogP contribution in [0.2, 0.25) is 0 Å². The molecule has 108 valence electrons. The van der Waals surface area contributed by atoms with E-state index in [1.807, 2.05) is 12.1 Å². The van der Waals surface area contributed by atoms with E-state index in [4.69, 9.17) is 0 Å². The van der Waals surface area contributed by atoms with Gasteiger partial charge in [0, 0.05) is 37.1 Å². The summed E-state index contributed by atoms with van der Waals surface area (Å²) in [6.07, 6.45) is 0.620. The number of benzene rings is 1. The molecule has 3 atom stereocenters. The zero-order valence-electron chi connectivity index (χ0n) is 11.8. The molecule has 2 heterocycles. The van der Waals surface area contributed by atoms with Crippen molar-refractivity contribution in [3.8, 4) is 0 Å². The fourth-order valence-electron chi connectivity index (χ4n) is 3.36. The van der Waals surface area contributed by atoms with E-state index in [1.165, 1.54) is 5.56 Å². The molecule has 3 unspecified atom stereocenters. The zero-order chi connectivity index (χ0) is 14.1. The molecule has 1 aromatic carbocycles. The largest absolute Gasteiger partial charge is 0.342 e. The second-order valence-electron chi connectivity index (χ2n) is 6.13. The molecule has 0 spiro atoms. The minimum Gasteiger partial charge on any atom is -0.342 e. The minimum absolute atomic E-state index is 0.286. The highest BCUT2D eigenvalue weighted by molar-refractivity contribution is 9.10. The smallest absolute Gasteiger partial charge is 0.223 e. The molecule has 1 aromatic rings. The maximum Gasteiger partial charge on any atom is 0.223 e. The molecule has 0 radical (unpaired) electrons. The average molecular weight is 337 g/mol. The van der Waals surface area contributed by atoms with Crippen molar-refractivity contribution in [3.63, 3.8) is 0 Å². The predicted octanol–water partition coefficient (Wildman–Crippen LogP) is 2.62. The number of nitrogens with zero attached hydrogens (tertiary/aromatic N) is 1. The first-order valence-electron chi connectivity index (χ1n) is 7.37. The molecule has 2 aliphatic heterocycles. The van der Waals surface area contributed by atoms with Gasteiger partial charge in [-0.25, -0.2) is 0 Å². The highest BCUT2D eigenvalue weighted by atomic mass is 79.9. The third-order valence-corrected chi connectivity index (χ3v) is 5.19. The van der Waals surface area contributed by atoms with Crippen LogP contribution in [0.25, 0.3) is 0 Å². The van der Waals surface area contributed by atoms with E-state index in [-0.39, 0.29) is 5.92 Å². The van der Waals surface area contributed by atoms with Crippen molar-refractivity contribution in [1.82, 2.24) is 10.2 Å². The third kappa shape index (κ3) is 2.91. The van der Waals surface area contributed by atoms with Crippen LogP contribution < -0.4 is 5.32 Å². The van der Waals surface area contributed by atoms with E-state index in [0.717, 1.165) is 30.7 Å². The van der Waals surface area contributed by atoms with Crippen LogP contribution in [0, 0.1) is 11.8 Å². The molecule has 0 saturated carbocycles. The first-order chi connectivity index (χ1) is 9.63. The molecule has 2 aliphatic rings. The van der Waals surface area contributed by atoms with Gasteiger partial charge in [-0.05, 0) is 35.4 Å². The number of rotatable bonds is 3. The Morgan fingerprint density at radius 1 is 1.30 bits per heavy atom. The number of fused-ring (bicyclic) bond motifs is 1. The van der Waals surface area contributed by atoms with Crippen LogP contribution in [0.4, 0.5) is 0 Å². The minimum atomic E-state index is 0.286. The van der Waals surface area contributed by atoms with E-state index < -0.39 is 0 Å². The SMILES string of the molecule is CC(CC(=O)N1CC2CNCC2C1)c1ccc(Br)cc1. The summed E-state index contributed by atoms with van der Waals surface area (Å²) in [6, 6.07) is 8.29. The van der Waals surface area contributed by atoms with Gasteiger partial charge in [0.05, 0.1) is 0 Å². The number of hydrogen-bond donors (Lipinski definition) is 1. The highest BCUT2D eigenvalue weighted by Gasteiger charge is 2.38. The van der Waals surface area contributed by atoms with Gasteiger partial charge in [-0.2, -0.15) is 0 Å². The lowest BCUT2D eigenvalue weighted by Gasteiger charge is -2.20. The quantitative estimate of drug-likeness (QED) is 0.920. The van der Waals surface area contributed by atoms with Gasteiger partial charge < -0.3 is 10.2 Å². The topological polar surface area (TPSA) is 32.3 Å². The van der Waals surface area contributed by atoms with Gasteiger partial charge in [-0.1, -0.05) is 35.0 Å². The van der Waals surface area contributed by atoms with Gasteiger partial charge in [0.1, 0.15) is 0 Å². The number of carbonyl (C=O) groups excluding carboxylic acids is 1. The van der Waals surface area contributed by atoms with Crippen LogP contribution in [0.5, 0.6) is 0 Å². The van der Waals surface area contributed by atoms with Gasteiger partial charge in [-0.15, -0.1) is 0 Å². The van der Waals surface area contributed by atoms with Gasteiger partial charge in [0.25, 0.3) is 0 Å². The highest BCUT2D eigenvalue weighted by Crippen LogP contribution is 2.28. The molecule has 2 fully saturated rings. The van der Waals surface area contributed by atoms with Crippen LogP contribution in [0.1, 0.15) is 24.8 Å². The molecule has 2 saturated heterocycles. The Balaban J connectivity index is 1.57. The number of halogens is 1. The summed E-state index contributed by atoms with van der Waals surface area (Å²) in [4.78, 5) is 14.5. The molecule has 0 aliphatic carbocycles. The summed E-state index contributed by atoms with van der Waals surface area (Å²) in [5, 5.41) is 3.41. The zero-order valence-corrected chi connectivity index (χ0v) is 13.4. The molecule has 0 aromatic heterocycles. The van der Waals surface area contributed by atoms with E-state index in [2.05, 4.69) is 45.2 Å². The standard InChI is InChI=1S/C16H21BrN2O/c1-11(12-2-4-15(17)5-3-12)6-16(20)19-9-13-7-18-8-14(13)10-19/h2-5,11,13-14,18H,6-10H2,1H3. The molecule has 1 N–H and O–H groups in total. The second kappa shape index (κ2) is 5.86. The van der Waals surface area contributed by atoms with Gasteiger partial charge in [0.2, 0.25) is 5.91 Å². The number of carbonyl (C=O) groups is 1. The normalized spacial score (nSPS) is 26.6. The maximum absolute atomic E-state index is 12.4. The van der Waals surface area contributed by atoms with Crippen LogP contribution in [0.15, 0.2) is 28.7 Å². The molecule has 4 heteroatoms. The molecule has 1 amide bonds. The average Bonchev–Trinajstić information content (AvgIpc) is 2.99. The molecule has 20 heavy (non-hydrogen) atoms. The lowest BCUT2D eigenvalue weighted by atomic mass is 9.97. The maximum atomic E-state index is 12.4. The lowest BCUT2D eigenvalue weighted by Crippen LogP contribution is -2.32. The van der Waals surface area contributed by atoms with E-state index in [9.17, 15) is 4.79 Å². The van der Waals surface area contributed by atoms with Crippen LogP contribution in [0.3, 0.4) is 0 Å².